The van der Waals surface area contributed by atoms with Gasteiger partial charge in [0.2, 0.25) is 0 Å². The van der Waals surface area contributed by atoms with E-state index in [0.717, 1.165) is 22.2 Å². The van der Waals surface area contributed by atoms with Gasteiger partial charge in [0.25, 0.3) is 5.91 Å². The van der Waals surface area contributed by atoms with E-state index in [4.69, 9.17) is 11.6 Å². The number of rotatable bonds is 3. The van der Waals surface area contributed by atoms with E-state index in [1.54, 1.807) is 36.7 Å². The smallest absolute Gasteiger partial charge is 0.256 e. The molecule has 0 aliphatic rings. The molecule has 2 heterocycles. The number of halogens is 1. The summed E-state index contributed by atoms with van der Waals surface area (Å²) in [5, 5.41) is 4.34. The van der Waals surface area contributed by atoms with Crippen molar-refractivity contribution in [2.75, 3.05) is 5.32 Å². The number of aromatic nitrogens is 2. The van der Waals surface area contributed by atoms with Gasteiger partial charge in [-0.3, -0.25) is 9.78 Å². The maximum absolute atomic E-state index is 12.9. The maximum Gasteiger partial charge on any atom is 0.256 e. The van der Waals surface area contributed by atoms with Gasteiger partial charge < -0.3 is 5.32 Å². The number of nitrogens with one attached hydrogen (secondary N) is 1. The summed E-state index contributed by atoms with van der Waals surface area (Å²) in [6.07, 6.45) is 3.42. The van der Waals surface area contributed by atoms with Crippen LogP contribution in [0.4, 0.5) is 5.69 Å². The lowest BCUT2D eigenvalue weighted by Crippen LogP contribution is -2.13. The van der Waals surface area contributed by atoms with Gasteiger partial charge in [-0.1, -0.05) is 29.8 Å². The summed E-state index contributed by atoms with van der Waals surface area (Å²) in [6.45, 7) is 0. The molecule has 4 nitrogen and oxygen atoms in total. The molecule has 0 aliphatic carbocycles. The van der Waals surface area contributed by atoms with Crippen LogP contribution in [0.5, 0.6) is 0 Å². The molecule has 0 radical (unpaired) electrons. The van der Waals surface area contributed by atoms with Crippen LogP contribution in [0.3, 0.4) is 0 Å². The van der Waals surface area contributed by atoms with Gasteiger partial charge in [-0.2, -0.15) is 0 Å². The van der Waals surface area contributed by atoms with Gasteiger partial charge >= 0.3 is 0 Å². The second-order valence-corrected chi connectivity index (χ2v) is 6.21. The lowest BCUT2D eigenvalue weighted by Gasteiger charge is -2.11. The van der Waals surface area contributed by atoms with Gasteiger partial charge in [0.15, 0.2) is 0 Å². The van der Waals surface area contributed by atoms with Crippen molar-refractivity contribution < 1.29 is 4.79 Å². The van der Waals surface area contributed by atoms with Crippen molar-refractivity contribution in [1.82, 2.24) is 9.97 Å². The first kappa shape index (κ1) is 16.2. The van der Waals surface area contributed by atoms with Crippen LogP contribution in [0.15, 0.2) is 79.1 Å². The molecule has 0 unspecified atom stereocenters. The van der Waals surface area contributed by atoms with Crippen LogP contribution in [0.2, 0.25) is 5.02 Å². The molecule has 0 saturated heterocycles. The second kappa shape index (κ2) is 6.94. The van der Waals surface area contributed by atoms with Gasteiger partial charge in [-0.15, -0.1) is 0 Å². The number of pyridine rings is 2. The predicted molar refractivity (Wildman–Crippen MR) is 104 cm³/mol. The summed E-state index contributed by atoms with van der Waals surface area (Å²) >= 11 is 5.91. The molecule has 2 aromatic carbocycles. The molecule has 0 fully saturated rings. The SMILES string of the molecule is O=C(Nc1ccc(Cl)cc1)c1cc(-c2ccncc2)nc2ccccc12. The highest BCUT2D eigenvalue weighted by atomic mass is 35.5. The Bertz CT molecular complexity index is 1080. The number of para-hydroxylation sites is 1. The molecule has 1 amide bonds. The van der Waals surface area contributed by atoms with Crippen molar-refractivity contribution in [3.05, 3.63) is 89.7 Å². The van der Waals surface area contributed by atoms with Crippen LogP contribution >= 0.6 is 11.6 Å². The molecular formula is C21H14ClN3O. The number of hydrogen-bond acceptors (Lipinski definition) is 3. The van der Waals surface area contributed by atoms with Crippen molar-refractivity contribution in [1.29, 1.82) is 0 Å². The minimum atomic E-state index is -0.193. The van der Waals surface area contributed by atoms with E-state index in [-0.39, 0.29) is 5.91 Å². The summed E-state index contributed by atoms with van der Waals surface area (Å²) in [5.41, 5.74) is 3.66. The average Bonchev–Trinajstić information content (AvgIpc) is 2.69. The molecule has 0 aliphatic heterocycles. The van der Waals surface area contributed by atoms with Crippen LogP contribution < -0.4 is 5.32 Å². The van der Waals surface area contributed by atoms with Crippen molar-refractivity contribution in [2.45, 2.75) is 0 Å². The third kappa shape index (κ3) is 3.27. The van der Waals surface area contributed by atoms with E-state index in [1.807, 2.05) is 42.5 Å². The zero-order valence-corrected chi connectivity index (χ0v) is 14.4. The standard InChI is InChI=1S/C21H14ClN3O/c22-15-5-7-16(8-6-15)24-21(26)18-13-20(14-9-11-23-12-10-14)25-19-4-2-1-3-17(18)19/h1-13H,(H,24,26). The number of amides is 1. The molecule has 0 spiro atoms. The Morgan fingerprint density at radius 1 is 0.923 bits per heavy atom. The van der Waals surface area contributed by atoms with Crippen molar-refractivity contribution >= 4 is 34.1 Å². The molecule has 126 valence electrons. The minimum absolute atomic E-state index is 0.193. The van der Waals surface area contributed by atoms with E-state index < -0.39 is 0 Å². The predicted octanol–water partition coefficient (Wildman–Crippen LogP) is 5.20. The summed E-state index contributed by atoms with van der Waals surface area (Å²) in [6, 6.07) is 20.2. The van der Waals surface area contributed by atoms with Gasteiger partial charge in [0.05, 0.1) is 16.8 Å². The average molecular weight is 360 g/mol. The topological polar surface area (TPSA) is 54.9 Å². The summed E-state index contributed by atoms with van der Waals surface area (Å²) < 4.78 is 0. The molecule has 1 N–H and O–H groups in total. The molecular weight excluding hydrogens is 346 g/mol. The Morgan fingerprint density at radius 3 is 2.42 bits per heavy atom. The summed E-state index contributed by atoms with van der Waals surface area (Å²) in [5.74, 6) is -0.193. The second-order valence-electron chi connectivity index (χ2n) is 5.77. The van der Waals surface area contributed by atoms with Crippen LogP contribution in [-0.4, -0.2) is 15.9 Å². The quantitative estimate of drug-likeness (QED) is 0.546. The number of benzene rings is 2. The van der Waals surface area contributed by atoms with E-state index in [9.17, 15) is 4.79 Å². The number of carbonyl (C=O) groups is 1. The zero-order chi connectivity index (χ0) is 17.9. The molecule has 5 heteroatoms. The molecule has 0 bridgehead atoms. The Labute approximate surface area is 155 Å². The van der Waals surface area contributed by atoms with Gasteiger partial charge in [0, 0.05) is 34.1 Å². The van der Waals surface area contributed by atoms with E-state index in [2.05, 4.69) is 15.3 Å². The Hall–Kier alpha value is -3.24. The van der Waals surface area contributed by atoms with Crippen LogP contribution in [0.1, 0.15) is 10.4 Å². The zero-order valence-electron chi connectivity index (χ0n) is 13.7. The van der Waals surface area contributed by atoms with Crippen molar-refractivity contribution in [3.63, 3.8) is 0 Å². The van der Waals surface area contributed by atoms with Gasteiger partial charge in [-0.05, 0) is 48.5 Å². The van der Waals surface area contributed by atoms with Crippen LogP contribution in [-0.2, 0) is 0 Å². The number of fused-ring (bicyclic) bond motifs is 1. The van der Waals surface area contributed by atoms with Crippen LogP contribution in [0, 0.1) is 0 Å². The third-order valence-corrected chi connectivity index (χ3v) is 4.29. The monoisotopic (exact) mass is 359 g/mol. The summed E-state index contributed by atoms with van der Waals surface area (Å²) in [7, 11) is 0. The first-order chi connectivity index (χ1) is 12.7. The molecule has 4 rings (SSSR count). The Balaban J connectivity index is 1.79. The molecule has 2 aromatic heterocycles. The van der Waals surface area contributed by atoms with E-state index in [1.165, 1.54) is 0 Å². The minimum Gasteiger partial charge on any atom is -0.322 e. The highest BCUT2D eigenvalue weighted by molar-refractivity contribution is 6.30. The number of anilines is 1. The fourth-order valence-corrected chi connectivity index (χ4v) is 2.89. The van der Waals surface area contributed by atoms with Crippen LogP contribution in [0.25, 0.3) is 22.2 Å². The molecule has 4 aromatic rings. The highest BCUT2D eigenvalue weighted by Gasteiger charge is 2.14. The Morgan fingerprint density at radius 2 is 1.65 bits per heavy atom. The number of carbonyl (C=O) groups excluding carboxylic acids is 1. The fraction of sp³-hybridized carbons (Fsp3) is 0. The lowest BCUT2D eigenvalue weighted by molar-refractivity contribution is 0.102. The third-order valence-electron chi connectivity index (χ3n) is 4.04. The Kier molecular flexibility index (Phi) is 4.33. The molecule has 0 atom stereocenters. The maximum atomic E-state index is 12.9. The van der Waals surface area contributed by atoms with Crippen molar-refractivity contribution in [2.24, 2.45) is 0 Å². The van der Waals surface area contributed by atoms with Gasteiger partial charge in [0.1, 0.15) is 0 Å². The number of hydrogen-bond donors (Lipinski definition) is 1. The normalized spacial score (nSPS) is 10.7. The number of nitrogens with zero attached hydrogens (tertiary/aromatic N) is 2. The van der Waals surface area contributed by atoms with Crippen molar-refractivity contribution in [3.8, 4) is 11.3 Å². The summed E-state index contributed by atoms with van der Waals surface area (Å²) in [4.78, 5) is 21.6. The lowest BCUT2D eigenvalue weighted by atomic mass is 10.0. The first-order valence-electron chi connectivity index (χ1n) is 8.08. The molecule has 26 heavy (non-hydrogen) atoms. The highest BCUT2D eigenvalue weighted by Crippen LogP contribution is 2.25. The fourth-order valence-electron chi connectivity index (χ4n) is 2.77. The van der Waals surface area contributed by atoms with Gasteiger partial charge in [-0.25, -0.2) is 4.98 Å². The first-order valence-corrected chi connectivity index (χ1v) is 8.45. The van der Waals surface area contributed by atoms with E-state index in [0.29, 0.717) is 16.3 Å². The van der Waals surface area contributed by atoms with E-state index >= 15 is 0 Å². The molecule has 0 saturated carbocycles. The largest absolute Gasteiger partial charge is 0.322 e.